The van der Waals surface area contributed by atoms with E-state index in [0.717, 1.165) is 0 Å². The smallest absolute Gasteiger partial charge is 0.319 e. The van der Waals surface area contributed by atoms with E-state index in [9.17, 15) is 17.6 Å². The molecule has 0 spiro atoms. The quantitative estimate of drug-likeness (QED) is 0.881. The Morgan fingerprint density at radius 2 is 2.21 bits per heavy atom. The predicted molar refractivity (Wildman–Crippen MR) is 70.2 cm³/mol. The molecule has 0 aromatic heterocycles. The largest absolute Gasteiger partial charge is 0.338 e. The van der Waals surface area contributed by atoms with Crippen LogP contribution < -0.4 is 10.6 Å². The second-order valence-corrected chi connectivity index (χ2v) is 6.84. The van der Waals surface area contributed by atoms with Crippen LogP contribution >= 0.6 is 0 Å². The van der Waals surface area contributed by atoms with Crippen molar-refractivity contribution < 1.29 is 17.6 Å². The third-order valence-electron chi connectivity index (χ3n) is 2.96. The van der Waals surface area contributed by atoms with E-state index in [-0.39, 0.29) is 17.4 Å². The minimum atomic E-state index is -2.93. The molecule has 1 fully saturated rings. The summed E-state index contributed by atoms with van der Waals surface area (Å²) in [5.74, 6) is -0.166. The van der Waals surface area contributed by atoms with E-state index in [2.05, 4.69) is 10.6 Å². The van der Waals surface area contributed by atoms with Crippen LogP contribution in [-0.2, 0) is 9.84 Å². The Balaban J connectivity index is 1.79. The van der Waals surface area contributed by atoms with E-state index in [1.165, 1.54) is 18.2 Å². The van der Waals surface area contributed by atoms with Crippen LogP contribution in [0.15, 0.2) is 24.3 Å². The lowest BCUT2D eigenvalue weighted by Crippen LogP contribution is -2.33. The summed E-state index contributed by atoms with van der Waals surface area (Å²) in [6, 6.07) is 5.10. The molecule has 0 bridgehead atoms. The van der Waals surface area contributed by atoms with Gasteiger partial charge in [0.15, 0.2) is 9.84 Å². The molecule has 2 N–H and O–H groups in total. The number of halogens is 1. The molecule has 1 atom stereocenters. The Morgan fingerprint density at radius 1 is 1.42 bits per heavy atom. The van der Waals surface area contributed by atoms with Crippen LogP contribution in [0.1, 0.15) is 6.42 Å². The third kappa shape index (κ3) is 4.20. The number of sulfone groups is 1. The van der Waals surface area contributed by atoms with Crippen molar-refractivity contribution in [2.45, 2.75) is 6.42 Å². The zero-order chi connectivity index (χ0) is 13.9. The average molecular weight is 286 g/mol. The van der Waals surface area contributed by atoms with Gasteiger partial charge in [0.2, 0.25) is 0 Å². The first-order valence-electron chi connectivity index (χ1n) is 5.95. The fraction of sp³-hybridized carbons (Fsp3) is 0.417. The highest BCUT2D eigenvalue weighted by Crippen LogP contribution is 2.17. The van der Waals surface area contributed by atoms with Crippen LogP contribution in [0.2, 0.25) is 0 Å². The topological polar surface area (TPSA) is 75.3 Å². The Labute approximate surface area is 111 Å². The summed E-state index contributed by atoms with van der Waals surface area (Å²) >= 11 is 0. The van der Waals surface area contributed by atoms with Gasteiger partial charge in [-0.15, -0.1) is 0 Å². The summed E-state index contributed by atoms with van der Waals surface area (Å²) in [6.07, 6.45) is 0.572. The van der Waals surface area contributed by atoms with Crippen LogP contribution in [-0.4, -0.2) is 32.5 Å². The maximum absolute atomic E-state index is 12.9. The van der Waals surface area contributed by atoms with Crippen LogP contribution in [0, 0.1) is 11.7 Å². The van der Waals surface area contributed by atoms with Gasteiger partial charge in [0, 0.05) is 12.2 Å². The molecule has 1 aromatic carbocycles. The maximum atomic E-state index is 12.9. The van der Waals surface area contributed by atoms with Crippen molar-refractivity contribution in [3.05, 3.63) is 30.1 Å². The van der Waals surface area contributed by atoms with Crippen LogP contribution in [0.25, 0.3) is 0 Å². The van der Waals surface area contributed by atoms with E-state index in [1.807, 2.05) is 0 Å². The molecule has 5 nitrogen and oxygen atoms in total. The first kappa shape index (κ1) is 13.8. The summed E-state index contributed by atoms with van der Waals surface area (Å²) in [4.78, 5) is 11.5. The molecule has 0 aliphatic carbocycles. The molecule has 2 rings (SSSR count). The first-order chi connectivity index (χ1) is 8.94. The molecule has 104 valence electrons. The van der Waals surface area contributed by atoms with Gasteiger partial charge in [-0.1, -0.05) is 6.07 Å². The number of benzene rings is 1. The van der Waals surface area contributed by atoms with Gasteiger partial charge in [0.1, 0.15) is 5.82 Å². The minimum Gasteiger partial charge on any atom is -0.338 e. The molecule has 19 heavy (non-hydrogen) atoms. The number of hydrogen-bond donors (Lipinski definition) is 2. The Bertz CT molecular complexity index is 574. The predicted octanol–water partition coefficient (Wildman–Crippen LogP) is 1.38. The van der Waals surface area contributed by atoms with Gasteiger partial charge in [-0.05, 0) is 30.5 Å². The summed E-state index contributed by atoms with van der Waals surface area (Å²) in [7, 11) is -2.93. The molecule has 1 aromatic rings. The Morgan fingerprint density at radius 3 is 2.84 bits per heavy atom. The lowest BCUT2D eigenvalue weighted by molar-refractivity contribution is 0.250. The van der Waals surface area contributed by atoms with Crippen LogP contribution in [0.4, 0.5) is 14.9 Å². The molecule has 1 heterocycles. The van der Waals surface area contributed by atoms with Crippen LogP contribution in [0.3, 0.4) is 0 Å². The Hall–Kier alpha value is -1.63. The fourth-order valence-corrected chi connectivity index (χ4v) is 3.87. The van der Waals surface area contributed by atoms with Gasteiger partial charge >= 0.3 is 6.03 Å². The van der Waals surface area contributed by atoms with Gasteiger partial charge in [-0.25, -0.2) is 17.6 Å². The van der Waals surface area contributed by atoms with Crippen molar-refractivity contribution >= 4 is 21.6 Å². The van der Waals surface area contributed by atoms with E-state index >= 15 is 0 Å². The average Bonchev–Trinajstić information content (AvgIpc) is 2.66. The SMILES string of the molecule is O=C(NCC1CCS(=O)(=O)C1)Nc1cccc(F)c1. The molecular weight excluding hydrogens is 271 g/mol. The highest BCUT2D eigenvalue weighted by atomic mass is 32.2. The summed E-state index contributed by atoms with van der Waals surface area (Å²) in [5.41, 5.74) is 0.358. The number of hydrogen-bond acceptors (Lipinski definition) is 3. The highest BCUT2D eigenvalue weighted by molar-refractivity contribution is 7.91. The summed E-state index contributed by atoms with van der Waals surface area (Å²) in [5, 5.41) is 5.08. The third-order valence-corrected chi connectivity index (χ3v) is 4.80. The molecule has 7 heteroatoms. The maximum Gasteiger partial charge on any atom is 0.319 e. The molecule has 0 saturated carbocycles. The van der Waals surface area contributed by atoms with Gasteiger partial charge in [0.25, 0.3) is 0 Å². The second-order valence-electron chi connectivity index (χ2n) is 4.61. The second kappa shape index (κ2) is 5.56. The Kier molecular flexibility index (Phi) is 4.04. The van der Waals surface area contributed by atoms with E-state index in [4.69, 9.17) is 0 Å². The number of carbonyl (C=O) groups is 1. The van der Waals surface area contributed by atoms with Crippen molar-refractivity contribution in [3.63, 3.8) is 0 Å². The summed E-state index contributed by atoms with van der Waals surface area (Å²) < 4.78 is 35.4. The molecule has 1 saturated heterocycles. The zero-order valence-electron chi connectivity index (χ0n) is 10.2. The molecular formula is C12H15FN2O3S. The van der Waals surface area contributed by atoms with Crippen molar-refractivity contribution in [1.29, 1.82) is 0 Å². The van der Waals surface area contributed by atoms with Crippen LogP contribution in [0.5, 0.6) is 0 Å². The number of amides is 2. The minimum absolute atomic E-state index is 0.0386. The molecule has 1 aliphatic rings. The lowest BCUT2D eigenvalue weighted by Gasteiger charge is -2.10. The van der Waals surface area contributed by atoms with E-state index < -0.39 is 21.7 Å². The van der Waals surface area contributed by atoms with E-state index in [1.54, 1.807) is 6.07 Å². The van der Waals surface area contributed by atoms with Crippen molar-refractivity contribution in [1.82, 2.24) is 5.32 Å². The first-order valence-corrected chi connectivity index (χ1v) is 7.77. The van der Waals surface area contributed by atoms with Gasteiger partial charge < -0.3 is 10.6 Å². The highest BCUT2D eigenvalue weighted by Gasteiger charge is 2.27. The molecule has 1 aliphatic heterocycles. The van der Waals surface area contributed by atoms with Crippen molar-refractivity contribution in [3.8, 4) is 0 Å². The molecule has 2 amide bonds. The normalized spacial score (nSPS) is 21.0. The number of nitrogens with one attached hydrogen (secondary N) is 2. The van der Waals surface area contributed by atoms with Gasteiger partial charge in [0.05, 0.1) is 11.5 Å². The number of anilines is 1. The standard InChI is InChI=1S/C12H15FN2O3S/c13-10-2-1-3-11(6-10)15-12(16)14-7-9-4-5-19(17,18)8-9/h1-3,6,9H,4-5,7-8H2,(H2,14,15,16). The number of urea groups is 1. The number of carbonyl (C=O) groups excluding carboxylic acids is 1. The van der Waals surface area contributed by atoms with E-state index in [0.29, 0.717) is 18.7 Å². The zero-order valence-corrected chi connectivity index (χ0v) is 11.0. The molecule has 0 radical (unpaired) electrons. The van der Waals surface area contributed by atoms with Gasteiger partial charge in [-0.3, -0.25) is 0 Å². The summed E-state index contributed by atoms with van der Waals surface area (Å²) in [6.45, 7) is 0.306. The monoisotopic (exact) mass is 286 g/mol. The lowest BCUT2D eigenvalue weighted by atomic mass is 10.1. The van der Waals surface area contributed by atoms with Crippen molar-refractivity contribution in [2.75, 3.05) is 23.4 Å². The number of rotatable bonds is 3. The fourth-order valence-electron chi connectivity index (χ4n) is 2.01. The van der Waals surface area contributed by atoms with Crippen molar-refractivity contribution in [2.24, 2.45) is 5.92 Å². The van der Waals surface area contributed by atoms with Gasteiger partial charge in [-0.2, -0.15) is 0 Å². The molecule has 1 unspecified atom stereocenters.